The van der Waals surface area contributed by atoms with Gasteiger partial charge in [-0.2, -0.15) is 0 Å². The smallest absolute Gasteiger partial charge is 0.319 e. The van der Waals surface area contributed by atoms with Crippen molar-refractivity contribution in [2.45, 2.75) is 38.3 Å². The van der Waals surface area contributed by atoms with Crippen molar-refractivity contribution in [3.63, 3.8) is 0 Å². The minimum absolute atomic E-state index is 0.102. The molecule has 0 radical (unpaired) electrons. The summed E-state index contributed by atoms with van der Waals surface area (Å²) in [5.41, 5.74) is 0.740. The van der Waals surface area contributed by atoms with Crippen LogP contribution in [0.2, 0.25) is 0 Å². The van der Waals surface area contributed by atoms with E-state index in [-0.39, 0.29) is 23.1 Å². The lowest BCUT2D eigenvalue weighted by Crippen LogP contribution is -2.37. The van der Waals surface area contributed by atoms with Gasteiger partial charge >= 0.3 is 5.97 Å². The number of carbonyl (C=O) groups is 1. The highest BCUT2D eigenvalue weighted by Gasteiger charge is 2.26. The third kappa shape index (κ3) is 4.01. The molecule has 0 saturated heterocycles. The molecule has 21 heavy (non-hydrogen) atoms. The van der Waals surface area contributed by atoms with Gasteiger partial charge in [-0.05, 0) is 12.8 Å². The molecule has 0 unspecified atom stereocenters. The summed E-state index contributed by atoms with van der Waals surface area (Å²) < 4.78 is 4.74. The molecule has 0 bridgehead atoms. The summed E-state index contributed by atoms with van der Waals surface area (Å²) in [6, 6.07) is 6.98. The number of carbonyl (C=O) groups excluding carboxylic acids is 1. The van der Waals surface area contributed by atoms with E-state index < -0.39 is 0 Å². The van der Waals surface area contributed by atoms with Gasteiger partial charge < -0.3 is 4.74 Å². The largest absolute Gasteiger partial charge is 0.468 e. The topological polar surface area (TPSA) is 72.7 Å². The van der Waals surface area contributed by atoms with Crippen LogP contribution in [0.4, 0.5) is 5.69 Å². The number of nitro groups is 1. The highest BCUT2D eigenvalue weighted by atomic mass is 16.6. The fraction of sp³-hybridized carbons (Fsp3) is 0.533. The summed E-state index contributed by atoms with van der Waals surface area (Å²) in [7, 11) is 1.36. The molecule has 0 heterocycles. The maximum absolute atomic E-state index is 11.6. The number of nitrogens with zero attached hydrogens (tertiary/aromatic N) is 2. The van der Waals surface area contributed by atoms with Gasteiger partial charge in [0.25, 0.3) is 5.69 Å². The van der Waals surface area contributed by atoms with Crippen molar-refractivity contribution in [1.82, 2.24) is 4.90 Å². The number of hydrogen-bond donors (Lipinski definition) is 0. The summed E-state index contributed by atoms with van der Waals surface area (Å²) in [6.07, 6.45) is 4.33. The first-order chi connectivity index (χ1) is 10.1. The molecule has 0 aromatic heterocycles. The minimum Gasteiger partial charge on any atom is -0.468 e. The predicted octanol–water partition coefficient (Wildman–Crippen LogP) is 2.51. The van der Waals surface area contributed by atoms with Crippen LogP contribution >= 0.6 is 0 Å². The standard InChI is InChI=1S/C15H20N2O4/c1-21-15(18)11-16(13-7-3-4-8-13)10-12-6-2-5-9-14(12)17(19)20/h2,5-6,9,13H,3-4,7-8,10-11H2,1H3. The number of para-hydroxylation sites is 1. The molecule has 114 valence electrons. The highest BCUT2D eigenvalue weighted by molar-refractivity contribution is 5.71. The van der Waals surface area contributed by atoms with Gasteiger partial charge in [-0.3, -0.25) is 19.8 Å². The van der Waals surface area contributed by atoms with Gasteiger partial charge in [0.2, 0.25) is 0 Å². The van der Waals surface area contributed by atoms with Gasteiger partial charge in [0.15, 0.2) is 0 Å². The molecule has 0 N–H and O–H groups in total. The molecule has 1 aromatic rings. The van der Waals surface area contributed by atoms with Crippen molar-refractivity contribution in [2.24, 2.45) is 0 Å². The van der Waals surface area contributed by atoms with Crippen molar-refractivity contribution in [2.75, 3.05) is 13.7 Å². The number of esters is 1. The first kappa shape index (κ1) is 15.4. The molecule has 6 nitrogen and oxygen atoms in total. The van der Waals surface area contributed by atoms with Crippen LogP contribution in [-0.4, -0.2) is 35.5 Å². The van der Waals surface area contributed by atoms with Crippen LogP contribution in [0.25, 0.3) is 0 Å². The van der Waals surface area contributed by atoms with E-state index in [0.29, 0.717) is 18.2 Å². The van der Waals surface area contributed by atoms with Crippen molar-refractivity contribution >= 4 is 11.7 Å². The van der Waals surface area contributed by atoms with Gasteiger partial charge in [0.1, 0.15) is 0 Å². The van der Waals surface area contributed by atoms with Gasteiger partial charge in [-0.15, -0.1) is 0 Å². The third-order valence-corrected chi connectivity index (χ3v) is 3.96. The van der Waals surface area contributed by atoms with Crippen molar-refractivity contribution in [1.29, 1.82) is 0 Å². The Morgan fingerprint density at radius 2 is 2.05 bits per heavy atom. The molecular weight excluding hydrogens is 272 g/mol. The molecule has 0 aliphatic heterocycles. The summed E-state index contributed by atoms with van der Waals surface area (Å²) in [5, 5.41) is 11.1. The Balaban J connectivity index is 2.17. The molecule has 1 fully saturated rings. The Morgan fingerprint density at radius 1 is 1.38 bits per heavy atom. The number of methoxy groups -OCH3 is 1. The van der Waals surface area contributed by atoms with Crippen LogP contribution < -0.4 is 0 Å². The number of nitro benzene ring substituents is 1. The lowest BCUT2D eigenvalue weighted by molar-refractivity contribution is -0.385. The summed E-state index contributed by atoms with van der Waals surface area (Å²) in [5.74, 6) is -0.305. The Labute approximate surface area is 123 Å². The zero-order valence-corrected chi connectivity index (χ0v) is 12.2. The van der Waals surface area contributed by atoms with Crippen LogP contribution in [-0.2, 0) is 16.1 Å². The summed E-state index contributed by atoms with van der Waals surface area (Å²) in [6.45, 7) is 0.574. The number of benzene rings is 1. The Hall–Kier alpha value is -1.95. The van der Waals surface area contributed by atoms with E-state index in [0.717, 1.165) is 25.7 Å². The molecule has 2 rings (SSSR count). The lowest BCUT2D eigenvalue weighted by atomic mass is 10.1. The second kappa shape index (κ2) is 7.17. The van der Waals surface area contributed by atoms with E-state index in [1.807, 2.05) is 4.90 Å². The molecule has 1 aliphatic rings. The van der Waals surface area contributed by atoms with E-state index in [1.54, 1.807) is 18.2 Å². The normalized spacial score (nSPS) is 15.3. The molecular formula is C15H20N2O4. The van der Waals surface area contributed by atoms with Gasteiger partial charge in [-0.25, -0.2) is 0 Å². The molecule has 0 amide bonds. The van der Waals surface area contributed by atoms with E-state index in [1.165, 1.54) is 13.2 Å². The zero-order valence-electron chi connectivity index (χ0n) is 12.2. The van der Waals surface area contributed by atoms with Crippen molar-refractivity contribution in [3.05, 3.63) is 39.9 Å². The fourth-order valence-corrected chi connectivity index (χ4v) is 2.86. The van der Waals surface area contributed by atoms with Crippen LogP contribution in [0.3, 0.4) is 0 Å². The van der Waals surface area contributed by atoms with E-state index >= 15 is 0 Å². The quantitative estimate of drug-likeness (QED) is 0.457. The maximum Gasteiger partial charge on any atom is 0.319 e. The van der Waals surface area contributed by atoms with E-state index in [4.69, 9.17) is 4.74 Å². The Bertz CT molecular complexity index is 512. The molecule has 1 aromatic carbocycles. The third-order valence-electron chi connectivity index (χ3n) is 3.96. The Kier molecular flexibility index (Phi) is 5.27. The highest BCUT2D eigenvalue weighted by Crippen LogP contribution is 2.27. The average Bonchev–Trinajstić information content (AvgIpc) is 3.01. The zero-order chi connectivity index (χ0) is 15.2. The molecule has 1 saturated carbocycles. The maximum atomic E-state index is 11.6. The van der Waals surface area contributed by atoms with Crippen LogP contribution in [0.15, 0.2) is 24.3 Å². The van der Waals surface area contributed by atoms with E-state index in [2.05, 4.69) is 0 Å². The second-order valence-corrected chi connectivity index (χ2v) is 5.31. The fourth-order valence-electron chi connectivity index (χ4n) is 2.86. The number of rotatable bonds is 6. The number of ether oxygens (including phenoxy) is 1. The summed E-state index contributed by atoms with van der Waals surface area (Å²) >= 11 is 0. The first-order valence-corrected chi connectivity index (χ1v) is 7.15. The van der Waals surface area contributed by atoms with Gasteiger partial charge in [0.05, 0.1) is 18.6 Å². The molecule has 1 aliphatic carbocycles. The second-order valence-electron chi connectivity index (χ2n) is 5.31. The van der Waals surface area contributed by atoms with Crippen LogP contribution in [0.5, 0.6) is 0 Å². The van der Waals surface area contributed by atoms with Crippen LogP contribution in [0, 0.1) is 10.1 Å². The van der Waals surface area contributed by atoms with Crippen LogP contribution in [0.1, 0.15) is 31.2 Å². The van der Waals surface area contributed by atoms with E-state index in [9.17, 15) is 14.9 Å². The molecule has 6 heteroatoms. The van der Waals surface area contributed by atoms with Crippen molar-refractivity contribution < 1.29 is 14.5 Å². The predicted molar refractivity (Wildman–Crippen MR) is 77.8 cm³/mol. The number of hydrogen-bond acceptors (Lipinski definition) is 5. The lowest BCUT2D eigenvalue weighted by Gasteiger charge is -2.27. The van der Waals surface area contributed by atoms with Gasteiger partial charge in [-0.1, -0.05) is 31.0 Å². The SMILES string of the molecule is COC(=O)CN(Cc1ccccc1[N+](=O)[O-])C1CCCC1. The average molecular weight is 292 g/mol. The molecule has 0 spiro atoms. The van der Waals surface area contributed by atoms with Gasteiger partial charge in [0, 0.05) is 24.2 Å². The monoisotopic (exact) mass is 292 g/mol. The Morgan fingerprint density at radius 3 is 2.67 bits per heavy atom. The summed E-state index contributed by atoms with van der Waals surface area (Å²) in [4.78, 5) is 24.3. The minimum atomic E-state index is -0.375. The first-order valence-electron chi connectivity index (χ1n) is 7.15. The molecule has 0 atom stereocenters. The van der Waals surface area contributed by atoms with Crippen molar-refractivity contribution in [3.8, 4) is 0 Å².